The molecule has 1 N–H and O–H groups in total. The summed E-state index contributed by atoms with van der Waals surface area (Å²) in [4.78, 5) is 14.5. The van der Waals surface area contributed by atoms with Gasteiger partial charge in [-0.3, -0.25) is 4.79 Å². The third kappa shape index (κ3) is 5.08. The molecule has 0 fully saturated rings. The van der Waals surface area contributed by atoms with E-state index in [4.69, 9.17) is 9.47 Å². The molecule has 0 saturated carbocycles. The van der Waals surface area contributed by atoms with Gasteiger partial charge in [-0.25, -0.2) is 0 Å². The van der Waals surface area contributed by atoms with Crippen molar-refractivity contribution in [2.45, 2.75) is 6.42 Å². The molecule has 0 saturated heterocycles. The number of hydrogen-bond donors (Lipinski definition) is 1. The molecule has 0 aromatic heterocycles. The fourth-order valence-electron chi connectivity index (χ4n) is 3.41. The second-order valence-corrected chi connectivity index (χ2v) is 6.88. The molecular formula is C24H24N2O3. The van der Waals surface area contributed by atoms with E-state index in [0.29, 0.717) is 19.8 Å². The lowest BCUT2D eigenvalue weighted by Crippen LogP contribution is -2.31. The summed E-state index contributed by atoms with van der Waals surface area (Å²) >= 11 is 0. The van der Waals surface area contributed by atoms with Gasteiger partial charge >= 0.3 is 0 Å². The molecule has 0 atom stereocenters. The second-order valence-electron chi connectivity index (χ2n) is 6.88. The summed E-state index contributed by atoms with van der Waals surface area (Å²) in [6.45, 7) is 2.16. The fourth-order valence-corrected chi connectivity index (χ4v) is 3.41. The van der Waals surface area contributed by atoms with Gasteiger partial charge in [-0.05, 0) is 54.4 Å². The number of nitrogens with zero attached hydrogens (tertiary/aromatic N) is 1. The average Bonchev–Trinajstić information content (AvgIpc) is 3.16. The molecule has 0 radical (unpaired) electrons. The van der Waals surface area contributed by atoms with Crippen LogP contribution in [0.15, 0.2) is 78.9 Å². The van der Waals surface area contributed by atoms with Crippen molar-refractivity contribution in [3.05, 3.63) is 84.4 Å². The van der Waals surface area contributed by atoms with E-state index in [-0.39, 0.29) is 5.91 Å². The van der Waals surface area contributed by atoms with Gasteiger partial charge in [0.25, 0.3) is 0 Å². The maximum Gasteiger partial charge on any atom is 0.243 e. The van der Waals surface area contributed by atoms with Crippen LogP contribution in [0.3, 0.4) is 0 Å². The van der Waals surface area contributed by atoms with Gasteiger partial charge in [0.2, 0.25) is 5.91 Å². The number of ether oxygens (including phenoxy) is 2. The Morgan fingerprint density at radius 3 is 2.24 bits per heavy atom. The van der Waals surface area contributed by atoms with E-state index in [1.165, 1.54) is 5.56 Å². The van der Waals surface area contributed by atoms with Crippen molar-refractivity contribution in [2.75, 3.05) is 36.5 Å². The number of rotatable bonds is 8. The highest BCUT2D eigenvalue weighted by atomic mass is 16.5. The van der Waals surface area contributed by atoms with Crippen LogP contribution >= 0.6 is 0 Å². The largest absolute Gasteiger partial charge is 0.490 e. The smallest absolute Gasteiger partial charge is 0.243 e. The van der Waals surface area contributed by atoms with Gasteiger partial charge in [0.1, 0.15) is 24.7 Å². The molecule has 1 amide bonds. The second kappa shape index (κ2) is 9.15. The summed E-state index contributed by atoms with van der Waals surface area (Å²) in [6.07, 6.45) is 0.990. The summed E-state index contributed by atoms with van der Waals surface area (Å²) < 4.78 is 11.3. The van der Waals surface area contributed by atoms with Crippen LogP contribution in [0, 0.1) is 0 Å². The standard InChI is InChI=1S/C24H24N2O3/c27-24(18-26-15-14-19-6-4-5-9-23(19)26)25-20-10-12-22(13-11-20)29-17-16-28-21-7-2-1-3-8-21/h1-13H,14-18H2,(H,25,27). The molecule has 0 spiro atoms. The van der Waals surface area contributed by atoms with Gasteiger partial charge in [-0.15, -0.1) is 0 Å². The van der Waals surface area contributed by atoms with Crippen LogP contribution in [0.4, 0.5) is 11.4 Å². The zero-order chi connectivity index (χ0) is 19.9. The van der Waals surface area contributed by atoms with E-state index in [1.54, 1.807) is 0 Å². The highest BCUT2D eigenvalue weighted by Crippen LogP contribution is 2.27. The molecule has 0 bridgehead atoms. The van der Waals surface area contributed by atoms with Crippen LogP contribution in [-0.4, -0.2) is 32.2 Å². The third-order valence-corrected chi connectivity index (χ3v) is 4.82. The normalized spacial score (nSPS) is 12.3. The molecule has 29 heavy (non-hydrogen) atoms. The van der Waals surface area contributed by atoms with Gasteiger partial charge in [-0.2, -0.15) is 0 Å². The number of para-hydroxylation sites is 2. The Morgan fingerprint density at radius 2 is 1.48 bits per heavy atom. The monoisotopic (exact) mass is 388 g/mol. The SMILES string of the molecule is O=C(CN1CCc2ccccc21)Nc1ccc(OCCOc2ccccc2)cc1. The van der Waals surface area contributed by atoms with Crippen LogP contribution in [0.1, 0.15) is 5.56 Å². The van der Waals surface area contributed by atoms with Crippen LogP contribution < -0.4 is 19.7 Å². The van der Waals surface area contributed by atoms with Crippen molar-refractivity contribution in [1.29, 1.82) is 0 Å². The van der Waals surface area contributed by atoms with Crippen molar-refractivity contribution in [1.82, 2.24) is 0 Å². The molecule has 1 aliphatic rings. The van der Waals surface area contributed by atoms with E-state index in [0.717, 1.165) is 35.8 Å². The van der Waals surface area contributed by atoms with Crippen LogP contribution in [-0.2, 0) is 11.2 Å². The Kier molecular flexibility index (Phi) is 5.95. The highest BCUT2D eigenvalue weighted by Gasteiger charge is 2.20. The quantitative estimate of drug-likeness (QED) is 0.589. The summed E-state index contributed by atoms with van der Waals surface area (Å²) in [5.74, 6) is 1.55. The molecule has 5 nitrogen and oxygen atoms in total. The lowest BCUT2D eigenvalue weighted by Gasteiger charge is -2.18. The minimum absolute atomic E-state index is 0.0216. The van der Waals surface area contributed by atoms with Crippen LogP contribution in [0.5, 0.6) is 11.5 Å². The number of carbonyl (C=O) groups excluding carboxylic acids is 1. The minimum atomic E-state index is -0.0216. The third-order valence-electron chi connectivity index (χ3n) is 4.82. The van der Waals surface area contributed by atoms with Crippen LogP contribution in [0.25, 0.3) is 0 Å². The molecule has 1 aliphatic heterocycles. The predicted molar refractivity (Wildman–Crippen MR) is 115 cm³/mol. The van der Waals surface area contributed by atoms with E-state index >= 15 is 0 Å². The van der Waals surface area contributed by atoms with E-state index in [9.17, 15) is 4.79 Å². The Morgan fingerprint density at radius 1 is 0.828 bits per heavy atom. The van der Waals surface area contributed by atoms with Crippen molar-refractivity contribution in [3.8, 4) is 11.5 Å². The van der Waals surface area contributed by atoms with E-state index < -0.39 is 0 Å². The van der Waals surface area contributed by atoms with Gasteiger partial charge < -0.3 is 19.7 Å². The Hall–Kier alpha value is -3.47. The molecular weight excluding hydrogens is 364 g/mol. The fraction of sp³-hybridized carbons (Fsp3) is 0.208. The number of amides is 1. The number of anilines is 2. The summed E-state index contributed by atoms with van der Waals surface area (Å²) in [6, 6.07) is 25.3. The Bertz CT molecular complexity index is 942. The molecule has 0 aliphatic carbocycles. The Balaban J connectivity index is 1.21. The summed E-state index contributed by atoms with van der Waals surface area (Å²) in [7, 11) is 0. The predicted octanol–water partition coefficient (Wildman–Crippen LogP) is 4.15. The lowest BCUT2D eigenvalue weighted by molar-refractivity contribution is -0.115. The van der Waals surface area contributed by atoms with Crippen molar-refractivity contribution in [3.63, 3.8) is 0 Å². The maximum absolute atomic E-state index is 12.4. The summed E-state index contributed by atoms with van der Waals surface area (Å²) in [5.41, 5.74) is 3.22. The van der Waals surface area contributed by atoms with Crippen molar-refractivity contribution >= 4 is 17.3 Å². The summed E-state index contributed by atoms with van der Waals surface area (Å²) in [5, 5.41) is 2.95. The van der Waals surface area contributed by atoms with Crippen molar-refractivity contribution < 1.29 is 14.3 Å². The first kappa shape index (κ1) is 18.9. The zero-order valence-electron chi connectivity index (χ0n) is 16.2. The van der Waals surface area contributed by atoms with E-state index in [1.807, 2.05) is 66.7 Å². The zero-order valence-corrected chi connectivity index (χ0v) is 16.2. The molecule has 3 aromatic carbocycles. The molecule has 5 heteroatoms. The number of hydrogen-bond acceptors (Lipinski definition) is 4. The van der Waals surface area contributed by atoms with E-state index in [2.05, 4.69) is 22.3 Å². The van der Waals surface area contributed by atoms with Gasteiger partial charge in [0.15, 0.2) is 0 Å². The minimum Gasteiger partial charge on any atom is -0.490 e. The molecule has 1 heterocycles. The number of fused-ring (bicyclic) bond motifs is 1. The Labute approximate surface area is 170 Å². The van der Waals surface area contributed by atoms with Gasteiger partial charge in [0, 0.05) is 17.9 Å². The average molecular weight is 388 g/mol. The van der Waals surface area contributed by atoms with Crippen molar-refractivity contribution in [2.24, 2.45) is 0 Å². The van der Waals surface area contributed by atoms with Crippen LogP contribution in [0.2, 0.25) is 0 Å². The molecule has 4 rings (SSSR count). The lowest BCUT2D eigenvalue weighted by atomic mass is 10.2. The van der Waals surface area contributed by atoms with Gasteiger partial charge in [-0.1, -0.05) is 36.4 Å². The van der Waals surface area contributed by atoms with Gasteiger partial charge in [0.05, 0.1) is 6.54 Å². The number of nitrogens with one attached hydrogen (secondary N) is 1. The first-order valence-corrected chi connectivity index (χ1v) is 9.81. The number of carbonyl (C=O) groups is 1. The topological polar surface area (TPSA) is 50.8 Å². The molecule has 0 unspecified atom stereocenters. The molecule has 148 valence electrons. The highest BCUT2D eigenvalue weighted by molar-refractivity contribution is 5.94. The molecule has 3 aromatic rings. The first-order chi connectivity index (χ1) is 14.3. The number of benzene rings is 3. The first-order valence-electron chi connectivity index (χ1n) is 9.81. The maximum atomic E-state index is 12.4.